The molecule has 1 aliphatic heterocycles. The number of piperidine rings is 1. The van der Waals surface area contributed by atoms with E-state index in [1.807, 2.05) is 0 Å². The van der Waals surface area contributed by atoms with Crippen molar-refractivity contribution >= 4 is 0 Å². The molecule has 0 aromatic carbocycles. The first kappa shape index (κ1) is 16.9. The monoisotopic (exact) mass is 321 g/mol. The quantitative estimate of drug-likeness (QED) is 0.838. The number of aromatic nitrogens is 3. The predicted molar refractivity (Wildman–Crippen MR) is 90.2 cm³/mol. The van der Waals surface area contributed by atoms with Crippen LogP contribution in [-0.2, 0) is 11.3 Å². The highest BCUT2D eigenvalue weighted by atomic mass is 16.5. The third-order valence-electron chi connectivity index (χ3n) is 5.77. The first-order valence-electron chi connectivity index (χ1n) is 9.06. The van der Waals surface area contributed by atoms with Gasteiger partial charge in [-0.3, -0.25) is 0 Å². The van der Waals surface area contributed by atoms with Crippen LogP contribution in [-0.4, -0.2) is 47.6 Å². The highest BCUT2D eigenvalue weighted by Crippen LogP contribution is 2.43. The summed E-state index contributed by atoms with van der Waals surface area (Å²) in [5.74, 6) is 1.02. The van der Waals surface area contributed by atoms with E-state index in [9.17, 15) is 0 Å². The van der Waals surface area contributed by atoms with Crippen LogP contribution in [0.5, 0.6) is 0 Å². The Bertz CT molecular complexity index is 473. The maximum absolute atomic E-state index is 5.16. The van der Waals surface area contributed by atoms with Crippen molar-refractivity contribution < 1.29 is 4.74 Å². The van der Waals surface area contributed by atoms with Gasteiger partial charge in [-0.2, -0.15) is 0 Å². The van der Waals surface area contributed by atoms with Gasteiger partial charge in [0.1, 0.15) is 12.2 Å². The zero-order chi connectivity index (χ0) is 16.1. The lowest BCUT2D eigenvalue weighted by molar-refractivity contribution is 0.112. The Kier molecular flexibility index (Phi) is 5.67. The highest BCUT2D eigenvalue weighted by Gasteiger charge is 2.36. The molecule has 23 heavy (non-hydrogen) atoms. The molecule has 2 N–H and O–H groups in total. The number of rotatable bonds is 6. The summed E-state index contributed by atoms with van der Waals surface area (Å²) in [5.41, 5.74) is 0.630. The first-order valence-corrected chi connectivity index (χ1v) is 9.06. The van der Waals surface area contributed by atoms with Crippen LogP contribution in [0.25, 0.3) is 0 Å². The lowest BCUT2D eigenvalue weighted by Gasteiger charge is -2.43. The maximum Gasteiger partial charge on any atom is 0.149 e. The van der Waals surface area contributed by atoms with Gasteiger partial charge in [-0.15, -0.1) is 10.2 Å². The van der Waals surface area contributed by atoms with Crippen molar-refractivity contribution in [1.82, 2.24) is 25.4 Å². The van der Waals surface area contributed by atoms with E-state index < -0.39 is 0 Å². The SMILES string of the molecule is COCCn1cnnc1[C@@H](C)NC1CCC2(CCNCC2)CC1. The van der Waals surface area contributed by atoms with Crippen molar-refractivity contribution in [2.45, 2.75) is 64.1 Å². The zero-order valence-electron chi connectivity index (χ0n) is 14.6. The molecule has 2 fully saturated rings. The van der Waals surface area contributed by atoms with Gasteiger partial charge in [-0.1, -0.05) is 0 Å². The second-order valence-electron chi connectivity index (χ2n) is 7.29. The van der Waals surface area contributed by atoms with Gasteiger partial charge in [-0.05, 0) is 64.0 Å². The molecule has 0 radical (unpaired) electrons. The Hall–Kier alpha value is -0.980. The van der Waals surface area contributed by atoms with Gasteiger partial charge >= 0.3 is 0 Å². The van der Waals surface area contributed by atoms with Crippen molar-refractivity contribution in [3.05, 3.63) is 12.2 Å². The molecule has 2 heterocycles. The molecule has 2 aliphatic rings. The number of nitrogens with one attached hydrogen (secondary N) is 2. The molecular formula is C17H31N5O. The molecule has 6 heteroatoms. The number of hydrogen-bond acceptors (Lipinski definition) is 5. The minimum absolute atomic E-state index is 0.237. The number of nitrogens with zero attached hydrogens (tertiary/aromatic N) is 3. The van der Waals surface area contributed by atoms with Gasteiger partial charge in [0.15, 0.2) is 0 Å². The van der Waals surface area contributed by atoms with Crippen molar-refractivity contribution in [3.8, 4) is 0 Å². The highest BCUT2D eigenvalue weighted by molar-refractivity contribution is 4.97. The second kappa shape index (κ2) is 7.73. The average Bonchev–Trinajstić information content (AvgIpc) is 3.05. The van der Waals surface area contributed by atoms with Gasteiger partial charge in [0.2, 0.25) is 0 Å². The van der Waals surface area contributed by atoms with Crippen molar-refractivity contribution in [1.29, 1.82) is 0 Å². The van der Waals surface area contributed by atoms with Gasteiger partial charge in [0.25, 0.3) is 0 Å². The van der Waals surface area contributed by atoms with Gasteiger partial charge < -0.3 is 19.9 Å². The van der Waals surface area contributed by atoms with Crippen LogP contribution in [0.2, 0.25) is 0 Å². The molecular weight excluding hydrogens is 290 g/mol. The van der Waals surface area contributed by atoms with E-state index in [0.717, 1.165) is 12.4 Å². The summed E-state index contributed by atoms with van der Waals surface area (Å²) in [7, 11) is 1.73. The Morgan fingerprint density at radius 2 is 2.09 bits per heavy atom. The van der Waals surface area contributed by atoms with Crippen LogP contribution in [0.1, 0.15) is 57.3 Å². The largest absolute Gasteiger partial charge is 0.383 e. The Morgan fingerprint density at radius 3 is 2.78 bits per heavy atom. The van der Waals surface area contributed by atoms with Gasteiger partial charge in [-0.25, -0.2) is 0 Å². The van der Waals surface area contributed by atoms with Crippen LogP contribution in [0.4, 0.5) is 0 Å². The zero-order valence-corrected chi connectivity index (χ0v) is 14.6. The molecule has 1 saturated carbocycles. The lowest BCUT2D eigenvalue weighted by Crippen LogP contribution is -2.43. The minimum Gasteiger partial charge on any atom is -0.383 e. The molecule has 1 aliphatic carbocycles. The van der Waals surface area contributed by atoms with Crippen LogP contribution in [0.15, 0.2) is 6.33 Å². The molecule has 6 nitrogen and oxygen atoms in total. The Labute approximate surface area is 139 Å². The fraction of sp³-hybridized carbons (Fsp3) is 0.882. The molecule has 1 saturated heterocycles. The summed E-state index contributed by atoms with van der Waals surface area (Å²) < 4.78 is 7.26. The van der Waals surface area contributed by atoms with Crippen LogP contribution < -0.4 is 10.6 Å². The number of ether oxygens (including phenoxy) is 1. The van der Waals surface area contributed by atoms with E-state index in [0.29, 0.717) is 18.1 Å². The van der Waals surface area contributed by atoms with Crippen LogP contribution in [0.3, 0.4) is 0 Å². The lowest BCUT2D eigenvalue weighted by atomic mass is 9.67. The topological polar surface area (TPSA) is 64.0 Å². The standard InChI is InChI=1S/C17H31N5O/c1-14(16-21-19-13-22(16)11-12-23-2)20-15-3-5-17(6-4-15)7-9-18-10-8-17/h13-15,18,20H,3-12H2,1-2H3/t14-/m1/s1. The van der Waals surface area contributed by atoms with E-state index in [2.05, 4.69) is 32.3 Å². The minimum atomic E-state index is 0.237. The summed E-state index contributed by atoms with van der Waals surface area (Å²) >= 11 is 0. The molecule has 0 bridgehead atoms. The van der Waals surface area contributed by atoms with E-state index >= 15 is 0 Å². The van der Waals surface area contributed by atoms with Gasteiger partial charge in [0, 0.05) is 19.7 Å². The Morgan fingerprint density at radius 1 is 1.35 bits per heavy atom. The summed E-state index contributed by atoms with van der Waals surface area (Å²) in [5, 5.41) is 15.7. The normalized spacial score (nSPS) is 23.2. The predicted octanol–water partition coefficient (Wildman–Crippen LogP) is 1.89. The summed E-state index contributed by atoms with van der Waals surface area (Å²) in [6, 6.07) is 0.847. The average molecular weight is 321 g/mol. The van der Waals surface area contributed by atoms with Crippen LogP contribution in [0, 0.1) is 5.41 Å². The van der Waals surface area contributed by atoms with Gasteiger partial charge in [0.05, 0.1) is 12.6 Å². The van der Waals surface area contributed by atoms with Crippen LogP contribution >= 0.6 is 0 Å². The molecule has 1 atom stereocenters. The fourth-order valence-electron chi connectivity index (χ4n) is 4.24. The molecule has 1 spiro atoms. The van der Waals surface area contributed by atoms with Crippen molar-refractivity contribution in [2.75, 3.05) is 26.8 Å². The molecule has 0 amide bonds. The summed E-state index contributed by atoms with van der Waals surface area (Å²) in [4.78, 5) is 0. The molecule has 1 aromatic heterocycles. The molecule has 0 unspecified atom stereocenters. The summed E-state index contributed by atoms with van der Waals surface area (Å²) in [6.07, 6.45) is 9.84. The number of methoxy groups -OCH3 is 1. The Balaban J connectivity index is 1.51. The summed E-state index contributed by atoms with van der Waals surface area (Å²) in [6.45, 7) is 6.11. The third-order valence-corrected chi connectivity index (χ3v) is 5.77. The van der Waals surface area contributed by atoms with Crippen molar-refractivity contribution in [2.24, 2.45) is 5.41 Å². The smallest absolute Gasteiger partial charge is 0.149 e. The molecule has 130 valence electrons. The molecule has 3 rings (SSSR count). The fourth-order valence-corrected chi connectivity index (χ4v) is 4.24. The van der Waals surface area contributed by atoms with E-state index in [-0.39, 0.29) is 6.04 Å². The second-order valence-corrected chi connectivity index (χ2v) is 7.29. The first-order chi connectivity index (χ1) is 11.2. The third kappa shape index (κ3) is 4.11. The van der Waals surface area contributed by atoms with E-state index in [1.54, 1.807) is 13.4 Å². The van der Waals surface area contributed by atoms with E-state index in [4.69, 9.17) is 4.74 Å². The number of hydrogen-bond donors (Lipinski definition) is 2. The maximum atomic E-state index is 5.16. The van der Waals surface area contributed by atoms with Crippen molar-refractivity contribution in [3.63, 3.8) is 0 Å². The van der Waals surface area contributed by atoms with E-state index in [1.165, 1.54) is 51.6 Å². The molecule has 1 aromatic rings.